The molecule has 6 nitrogen and oxygen atoms in total. The molecule has 182 valence electrons. The molecule has 7 heteroatoms. The first kappa shape index (κ1) is 23.6. The Morgan fingerprint density at radius 2 is 1.89 bits per heavy atom. The second-order valence-electron chi connectivity index (χ2n) is 8.89. The fourth-order valence-electron chi connectivity index (χ4n) is 4.32. The number of halogens is 1. The van der Waals surface area contributed by atoms with Crippen LogP contribution in [0.1, 0.15) is 24.0 Å². The highest BCUT2D eigenvalue weighted by atomic mass is 19.1. The average Bonchev–Trinajstić information content (AvgIpc) is 2.89. The van der Waals surface area contributed by atoms with Crippen molar-refractivity contribution in [3.05, 3.63) is 83.9 Å². The van der Waals surface area contributed by atoms with E-state index >= 15 is 0 Å². The van der Waals surface area contributed by atoms with Gasteiger partial charge in [-0.1, -0.05) is 24.1 Å². The third-order valence-corrected chi connectivity index (χ3v) is 6.27. The van der Waals surface area contributed by atoms with E-state index in [2.05, 4.69) is 33.2 Å². The molecule has 1 aliphatic rings. The number of hydrogen-bond acceptors (Lipinski definition) is 6. The molecule has 1 aromatic heterocycles. The zero-order chi connectivity index (χ0) is 24.9. The summed E-state index contributed by atoms with van der Waals surface area (Å²) >= 11 is 0. The van der Waals surface area contributed by atoms with E-state index in [9.17, 15) is 4.39 Å². The highest BCUT2D eigenvalue weighted by molar-refractivity contribution is 5.95. The molecule has 4 aromatic rings. The van der Waals surface area contributed by atoms with Gasteiger partial charge in [-0.25, -0.2) is 14.4 Å². The molecule has 5 rings (SSSR count). The Hall–Kier alpha value is -4.15. The van der Waals surface area contributed by atoms with E-state index < -0.39 is 0 Å². The highest BCUT2D eigenvalue weighted by Gasteiger charge is 2.20. The summed E-state index contributed by atoms with van der Waals surface area (Å²) in [5.74, 6) is 4.32. The van der Waals surface area contributed by atoms with Gasteiger partial charge in [-0.15, -0.1) is 6.42 Å². The Balaban J connectivity index is 1.37. The lowest BCUT2D eigenvalue weighted by Crippen LogP contribution is -2.35. The van der Waals surface area contributed by atoms with Crippen LogP contribution in [0.25, 0.3) is 10.9 Å². The Kier molecular flexibility index (Phi) is 6.96. The third kappa shape index (κ3) is 5.40. The van der Waals surface area contributed by atoms with Crippen molar-refractivity contribution in [2.24, 2.45) is 0 Å². The number of anilines is 2. The van der Waals surface area contributed by atoms with Crippen molar-refractivity contribution in [1.82, 2.24) is 14.9 Å². The van der Waals surface area contributed by atoms with Gasteiger partial charge in [-0.2, -0.15) is 0 Å². The van der Waals surface area contributed by atoms with Crippen LogP contribution in [-0.2, 0) is 6.61 Å². The summed E-state index contributed by atoms with van der Waals surface area (Å²) in [6, 6.07) is 17.7. The van der Waals surface area contributed by atoms with Crippen LogP contribution in [-0.4, -0.2) is 41.1 Å². The Labute approximate surface area is 210 Å². The second-order valence-corrected chi connectivity index (χ2v) is 8.89. The molecule has 0 spiro atoms. The second kappa shape index (κ2) is 10.6. The van der Waals surface area contributed by atoms with Gasteiger partial charge < -0.3 is 19.7 Å². The Morgan fingerprint density at radius 1 is 1.06 bits per heavy atom. The molecule has 1 N–H and O–H groups in total. The largest absolute Gasteiger partial charge is 0.489 e. The van der Waals surface area contributed by atoms with Crippen LogP contribution in [0.3, 0.4) is 0 Å². The van der Waals surface area contributed by atoms with Gasteiger partial charge in [0.2, 0.25) is 0 Å². The highest BCUT2D eigenvalue weighted by Crippen LogP contribution is 2.34. The van der Waals surface area contributed by atoms with E-state index in [0.717, 1.165) is 53.8 Å². The van der Waals surface area contributed by atoms with Crippen molar-refractivity contribution in [2.75, 3.05) is 25.5 Å². The maximum Gasteiger partial charge on any atom is 0.145 e. The first-order chi connectivity index (χ1) is 17.6. The van der Waals surface area contributed by atoms with Gasteiger partial charge in [0, 0.05) is 18.8 Å². The summed E-state index contributed by atoms with van der Waals surface area (Å²) in [5, 5.41) is 4.20. The molecular formula is C29H27FN4O2. The molecule has 1 aliphatic heterocycles. The van der Waals surface area contributed by atoms with Gasteiger partial charge in [0.25, 0.3) is 0 Å². The van der Waals surface area contributed by atoms with E-state index in [-0.39, 0.29) is 18.5 Å². The number of nitrogens with zero attached hydrogens (tertiary/aromatic N) is 3. The number of piperidine rings is 1. The van der Waals surface area contributed by atoms with Crippen LogP contribution in [0, 0.1) is 18.2 Å². The minimum atomic E-state index is -0.302. The van der Waals surface area contributed by atoms with Crippen molar-refractivity contribution < 1.29 is 13.9 Å². The predicted octanol–water partition coefficient (Wildman–Crippen LogP) is 5.55. The van der Waals surface area contributed by atoms with Crippen LogP contribution in [0.4, 0.5) is 15.9 Å². The zero-order valence-corrected chi connectivity index (χ0v) is 20.1. The fraction of sp³-hybridized carbons (Fsp3) is 0.241. The van der Waals surface area contributed by atoms with Crippen molar-refractivity contribution in [3.63, 3.8) is 0 Å². The molecule has 0 saturated carbocycles. The molecule has 0 radical (unpaired) electrons. The number of likely N-dealkylation sites (tertiary alicyclic amines) is 1. The van der Waals surface area contributed by atoms with Gasteiger partial charge >= 0.3 is 0 Å². The molecule has 0 atom stereocenters. The molecule has 1 saturated heterocycles. The van der Waals surface area contributed by atoms with Gasteiger partial charge in [0.15, 0.2) is 0 Å². The lowest BCUT2D eigenvalue weighted by atomic mass is 10.1. The Morgan fingerprint density at radius 3 is 2.69 bits per heavy atom. The average molecular weight is 483 g/mol. The number of ether oxygens (including phenoxy) is 2. The number of aromatic nitrogens is 2. The van der Waals surface area contributed by atoms with Crippen molar-refractivity contribution in [1.29, 1.82) is 0 Å². The van der Waals surface area contributed by atoms with Gasteiger partial charge in [0.1, 0.15) is 42.2 Å². The zero-order valence-electron chi connectivity index (χ0n) is 20.1. The van der Waals surface area contributed by atoms with Crippen LogP contribution < -0.4 is 14.8 Å². The van der Waals surface area contributed by atoms with Crippen LogP contribution >= 0.6 is 0 Å². The van der Waals surface area contributed by atoms with E-state index in [1.54, 1.807) is 18.2 Å². The summed E-state index contributed by atoms with van der Waals surface area (Å²) in [7, 11) is 2.13. The smallest absolute Gasteiger partial charge is 0.145 e. The summed E-state index contributed by atoms with van der Waals surface area (Å²) in [4.78, 5) is 11.3. The van der Waals surface area contributed by atoms with Crippen LogP contribution in [0.15, 0.2) is 67.0 Å². The number of benzene rings is 3. The molecule has 0 aliphatic carbocycles. The number of fused-ring (bicyclic) bond motifs is 1. The van der Waals surface area contributed by atoms with Gasteiger partial charge in [0.05, 0.1) is 16.5 Å². The van der Waals surface area contributed by atoms with E-state index in [1.807, 2.05) is 30.3 Å². The van der Waals surface area contributed by atoms with E-state index in [1.165, 1.54) is 18.5 Å². The fourth-order valence-corrected chi connectivity index (χ4v) is 4.32. The van der Waals surface area contributed by atoms with E-state index in [4.69, 9.17) is 15.9 Å². The summed E-state index contributed by atoms with van der Waals surface area (Å²) in [5.41, 5.74) is 2.86. The lowest BCUT2D eigenvalue weighted by Gasteiger charge is -2.29. The SMILES string of the molecule is C#Cc1cc(Nc2ncnc3cccc(OC4CCN(C)CC4)c23)ccc1OCc1cccc(F)c1. The predicted molar refractivity (Wildman–Crippen MR) is 139 cm³/mol. The molecule has 3 aromatic carbocycles. The molecule has 0 bridgehead atoms. The molecule has 2 heterocycles. The van der Waals surface area contributed by atoms with Crippen molar-refractivity contribution in [3.8, 4) is 23.8 Å². The number of nitrogens with one attached hydrogen (secondary N) is 1. The minimum absolute atomic E-state index is 0.155. The number of rotatable bonds is 7. The minimum Gasteiger partial charge on any atom is -0.489 e. The maximum atomic E-state index is 13.5. The first-order valence-electron chi connectivity index (χ1n) is 11.9. The summed E-state index contributed by atoms with van der Waals surface area (Å²) in [6.07, 6.45) is 9.41. The standard InChI is InChI=1S/C29H27FN4O2/c1-3-21-17-23(10-11-26(21)35-18-20-6-4-7-22(30)16-20)33-29-28-25(31-19-32-29)8-5-9-27(28)36-24-12-14-34(2)15-13-24/h1,4-11,16-17,19,24H,12-15,18H2,2H3,(H,31,32,33). The third-order valence-electron chi connectivity index (χ3n) is 6.27. The molecule has 0 amide bonds. The van der Waals surface area contributed by atoms with Crippen molar-refractivity contribution >= 4 is 22.4 Å². The Bertz CT molecular complexity index is 1410. The quantitative estimate of drug-likeness (QED) is 0.349. The van der Waals surface area contributed by atoms with E-state index in [0.29, 0.717) is 17.1 Å². The van der Waals surface area contributed by atoms with Crippen molar-refractivity contribution in [2.45, 2.75) is 25.6 Å². The van der Waals surface area contributed by atoms with Crippen LogP contribution in [0.5, 0.6) is 11.5 Å². The maximum absolute atomic E-state index is 13.5. The number of hydrogen-bond donors (Lipinski definition) is 1. The summed E-state index contributed by atoms with van der Waals surface area (Å²) in [6.45, 7) is 2.24. The molecule has 0 unspecified atom stereocenters. The first-order valence-corrected chi connectivity index (χ1v) is 11.9. The summed E-state index contributed by atoms with van der Waals surface area (Å²) < 4.78 is 25.8. The lowest BCUT2D eigenvalue weighted by molar-refractivity contribution is 0.116. The topological polar surface area (TPSA) is 59.5 Å². The van der Waals surface area contributed by atoms with Gasteiger partial charge in [-0.3, -0.25) is 0 Å². The number of terminal acetylenes is 1. The molecule has 36 heavy (non-hydrogen) atoms. The monoisotopic (exact) mass is 482 g/mol. The molecule has 1 fully saturated rings. The van der Waals surface area contributed by atoms with Crippen LogP contribution in [0.2, 0.25) is 0 Å². The normalized spacial score (nSPS) is 14.4. The van der Waals surface area contributed by atoms with Gasteiger partial charge in [-0.05, 0) is 67.9 Å². The molecular weight excluding hydrogens is 455 g/mol.